The van der Waals surface area contributed by atoms with Crippen LogP contribution >= 0.6 is 22.6 Å². The summed E-state index contributed by atoms with van der Waals surface area (Å²) in [5.41, 5.74) is 0. The van der Waals surface area contributed by atoms with Crippen molar-refractivity contribution < 1.29 is 14.6 Å². The molecule has 0 saturated carbocycles. The van der Waals surface area contributed by atoms with Crippen molar-refractivity contribution in [3.8, 4) is 5.75 Å². The van der Waals surface area contributed by atoms with E-state index in [4.69, 9.17) is 9.84 Å². The fraction of sp³-hybridized carbons (Fsp3) is 0.300. The van der Waals surface area contributed by atoms with Crippen LogP contribution in [0, 0.1) is 3.57 Å². The molecule has 76 valence electrons. The Balaban J connectivity index is 2.31. The fourth-order valence-electron chi connectivity index (χ4n) is 0.967. The maximum atomic E-state index is 10.2. The van der Waals surface area contributed by atoms with Crippen LogP contribution in [-0.4, -0.2) is 17.7 Å². The Morgan fingerprint density at radius 2 is 2.14 bits per heavy atom. The summed E-state index contributed by atoms with van der Waals surface area (Å²) in [6.45, 7) is 0.451. The molecule has 1 aromatic carbocycles. The highest BCUT2D eigenvalue weighted by atomic mass is 127. The van der Waals surface area contributed by atoms with Crippen LogP contribution in [0.2, 0.25) is 0 Å². The maximum absolute atomic E-state index is 10.2. The molecule has 0 aliphatic heterocycles. The largest absolute Gasteiger partial charge is 0.492 e. The molecule has 0 aromatic heterocycles. The van der Waals surface area contributed by atoms with E-state index in [1.807, 2.05) is 24.3 Å². The summed E-state index contributed by atoms with van der Waals surface area (Å²) in [5, 5.41) is 8.41. The van der Waals surface area contributed by atoms with Crippen LogP contribution in [-0.2, 0) is 4.79 Å². The minimum absolute atomic E-state index is 0.156. The average Bonchev–Trinajstić information content (AvgIpc) is 2.15. The van der Waals surface area contributed by atoms with Gasteiger partial charge >= 0.3 is 5.97 Å². The molecule has 0 atom stereocenters. The molecule has 1 N–H and O–H groups in total. The molecule has 14 heavy (non-hydrogen) atoms. The lowest BCUT2D eigenvalue weighted by atomic mass is 10.3. The van der Waals surface area contributed by atoms with Crippen LogP contribution in [0.4, 0.5) is 0 Å². The topological polar surface area (TPSA) is 46.5 Å². The minimum Gasteiger partial charge on any atom is -0.492 e. The second-order valence-corrected chi connectivity index (χ2v) is 3.94. The summed E-state index contributed by atoms with van der Waals surface area (Å²) in [6.07, 6.45) is 0.698. The number of hydrogen-bond donors (Lipinski definition) is 1. The Bertz CT molecular complexity index is 312. The summed E-state index contributed by atoms with van der Waals surface area (Å²) in [4.78, 5) is 10.2. The quantitative estimate of drug-likeness (QED) is 0.672. The maximum Gasteiger partial charge on any atom is 0.303 e. The van der Waals surface area contributed by atoms with Crippen molar-refractivity contribution in [2.24, 2.45) is 0 Å². The van der Waals surface area contributed by atoms with Gasteiger partial charge in [0.1, 0.15) is 5.75 Å². The van der Waals surface area contributed by atoms with Gasteiger partial charge in [-0.3, -0.25) is 4.79 Å². The van der Waals surface area contributed by atoms with Gasteiger partial charge in [-0.05, 0) is 41.1 Å². The monoisotopic (exact) mass is 306 g/mol. The Labute approximate surface area is 96.2 Å². The summed E-state index contributed by atoms with van der Waals surface area (Å²) in [5.74, 6) is 0.0369. The van der Waals surface area contributed by atoms with E-state index in [0.29, 0.717) is 13.0 Å². The van der Waals surface area contributed by atoms with Gasteiger partial charge in [0.2, 0.25) is 0 Å². The molecular weight excluding hydrogens is 295 g/mol. The molecule has 0 bridgehead atoms. The van der Waals surface area contributed by atoms with Crippen LogP contribution in [0.15, 0.2) is 24.3 Å². The summed E-state index contributed by atoms with van der Waals surface area (Å²) in [6, 6.07) is 7.66. The molecule has 0 saturated heterocycles. The lowest BCUT2D eigenvalue weighted by Crippen LogP contribution is -2.02. The minimum atomic E-state index is -0.781. The van der Waals surface area contributed by atoms with Crippen LogP contribution in [0.3, 0.4) is 0 Å². The van der Waals surface area contributed by atoms with Crippen LogP contribution in [0.1, 0.15) is 12.8 Å². The lowest BCUT2D eigenvalue weighted by Gasteiger charge is -2.06. The smallest absolute Gasteiger partial charge is 0.303 e. The number of halogens is 1. The van der Waals surface area contributed by atoms with E-state index in [0.717, 1.165) is 9.32 Å². The Kier molecular flexibility index (Phi) is 4.72. The van der Waals surface area contributed by atoms with Gasteiger partial charge in [-0.2, -0.15) is 0 Å². The number of aliphatic carboxylic acids is 1. The standard InChI is InChI=1S/C10H11IO3/c11-8-4-1-2-5-9(8)14-7-3-6-10(12)13/h1-2,4-5H,3,6-7H2,(H,12,13). The number of para-hydroxylation sites is 1. The van der Waals surface area contributed by atoms with E-state index in [1.165, 1.54) is 0 Å². The van der Waals surface area contributed by atoms with Gasteiger partial charge in [0.15, 0.2) is 0 Å². The molecule has 0 spiro atoms. The van der Waals surface area contributed by atoms with Gasteiger partial charge in [-0.15, -0.1) is 0 Å². The third-order valence-electron chi connectivity index (χ3n) is 1.63. The predicted octanol–water partition coefficient (Wildman–Crippen LogP) is 2.53. The van der Waals surface area contributed by atoms with Crippen LogP contribution in [0.25, 0.3) is 0 Å². The van der Waals surface area contributed by atoms with E-state index >= 15 is 0 Å². The zero-order valence-corrected chi connectivity index (χ0v) is 9.73. The van der Waals surface area contributed by atoms with Crippen molar-refractivity contribution >= 4 is 28.6 Å². The summed E-state index contributed by atoms with van der Waals surface area (Å²) >= 11 is 2.18. The van der Waals surface area contributed by atoms with Crippen LogP contribution in [0.5, 0.6) is 5.75 Å². The van der Waals surface area contributed by atoms with Crippen molar-refractivity contribution in [3.63, 3.8) is 0 Å². The Morgan fingerprint density at radius 1 is 1.43 bits per heavy atom. The Morgan fingerprint density at radius 3 is 2.79 bits per heavy atom. The zero-order valence-electron chi connectivity index (χ0n) is 7.57. The predicted molar refractivity (Wildman–Crippen MR) is 61.5 cm³/mol. The molecule has 0 amide bonds. The summed E-state index contributed by atoms with van der Waals surface area (Å²) < 4.78 is 6.46. The molecule has 0 radical (unpaired) electrons. The number of hydrogen-bond acceptors (Lipinski definition) is 2. The first kappa shape index (κ1) is 11.3. The van der Waals surface area contributed by atoms with Crippen LogP contribution < -0.4 is 4.74 Å². The van der Waals surface area contributed by atoms with Gasteiger partial charge in [0, 0.05) is 6.42 Å². The first-order chi connectivity index (χ1) is 6.70. The number of carboxylic acid groups (broad SMARTS) is 1. The highest BCUT2D eigenvalue weighted by Crippen LogP contribution is 2.19. The molecule has 1 rings (SSSR count). The summed E-state index contributed by atoms with van der Waals surface area (Å²) in [7, 11) is 0. The van der Waals surface area contributed by atoms with E-state index in [-0.39, 0.29) is 6.42 Å². The van der Waals surface area contributed by atoms with Gasteiger partial charge in [0.25, 0.3) is 0 Å². The van der Waals surface area contributed by atoms with Crippen molar-refractivity contribution in [2.45, 2.75) is 12.8 Å². The molecular formula is C10H11IO3. The van der Waals surface area contributed by atoms with Crippen molar-refractivity contribution in [2.75, 3.05) is 6.61 Å². The number of carboxylic acids is 1. The third kappa shape index (κ3) is 3.95. The second-order valence-electron chi connectivity index (χ2n) is 2.78. The van der Waals surface area contributed by atoms with Crippen molar-refractivity contribution in [1.82, 2.24) is 0 Å². The van der Waals surface area contributed by atoms with Gasteiger partial charge < -0.3 is 9.84 Å². The van der Waals surface area contributed by atoms with Gasteiger partial charge in [-0.25, -0.2) is 0 Å². The van der Waals surface area contributed by atoms with E-state index in [1.54, 1.807) is 0 Å². The first-order valence-electron chi connectivity index (χ1n) is 4.29. The van der Waals surface area contributed by atoms with E-state index < -0.39 is 5.97 Å². The Hall–Kier alpha value is -0.780. The molecule has 0 unspecified atom stereocenters. The molecule has 0 fully saturated rings. The highest BCUT2D eigenvalue weighted by Gasteiger charge is 2.00. The highest BCUT2D eigenvalue weighted by molar-refractivity contribution is 14.1. The fourth-order valence-corrected chi connectivity index (χ4v) is 1.51. The number of benzene rings is 1. The molecule has 4 heteroatoms. The number of ether oxygens (including phenoxy) is 1. The van der Waals surface area contributed by atoms with Crippen molar-refractivity contribution in [1.29, 1.82) is 0 Å². The molecule has 0 heterocycles. The number of rotatable bonds is 5. The first-order valence-corrected chi connectivity index (χ1v) is 5.37. The molecule has 1 aromatic rings. The SMILES string of the molecule is O=C(O)CCCOc1ccccc1I. The van der Waals surface area contributed by atoms with Gasteiger partial charge in [0.05, 0.1) is 10.2 Å². The lowest BCUT2D eigenvalue weighted by molar-refractivity contribution is -0.137. The number of carbonyl (C=O) groups is 1. The van der Waals surface area contributed by atoms with Crippen molar-refractivity contribution in [3.05, 3.63) is 27.8 Å². The zero-order chi connectivity index (χ0) is 10.4. The molecule has 0 aliphatic rings. The average molecular weight is 306 g/mol. The van der Waals surface area contributed by atoms with E-state index in [2.05, 4.69) is 22.6 Å². The van der Waals surface area contributed by atoms with E-state index in [9.17, 15) is 4.79 Å². The van der Waals surface area contributed by atoms with Gasteiger partial charge in [-0.1, -0.05) is 12.1 Å². The third-order valence-corrected chi connectivity index (χ3v) is 2.52. The second kappa shape index (κ2) is 5.85. The normalized spacial score (nSPS) is 9.79. The molecule has 3 nitrogen and oxygen atoms in total. The molecule has 0 aliphatic carbocycles.